The Balaban J connectivity index is 1.74. The van der Waals surface area contributed by atoms with Crippen LogP contribution in [0.15, 0.2) is 24.3 Å². The first-order chi connectivity index (χ1) is 10.7. The van der Waals surface area contributed by atoms with Crippen LogP contribution in [0.3, 0.4) is 0 Å². The fraction of sp³-hybridized carbons (Fsp3) is 0.500. The largest absolute Gasteiger partial charge is 0.388 e. The fourth-order valence-corrected chi connectivity index (χ4v) is 5.25. The van der Waals surface area contributed by atoms with E-state index in [0.717, 1.165) is 23.6 Å². The predicted molar refractivity (Wildman–Crippen MR) is 93.6 cm³/mol. The van der Waals surface area contributed by atoms with Crippen molar-refractivity contribution in [1.29, 1.82) is 0 Å². The predicted octanol–water partition coefficient (Wildman–Crippen LogP) is 5.61. The summed E-state index contributed by atoms with van der Waals surface area (Å²) in [7, 11) is 0. The highest BCUT2D eigenvalue weighted by Crippen LogP contribution is 2.43. The standard InChI is InChI=1S/C20H24OS/c1-13(21)19-12-17-10-8-15-7-9-16(11-18(15)20(17)22-19)14-5-3-2-4-6-14/h7,9,11-14,21H,2-6,8,10H2,1H3. The Labute approximate surface area is 137 Å². The molecule has 0 aliphatic heterocycles. The summed E-state index contributed by atoms with van der Waals surface area (Å²) in [6.07, 6.45) is 8.81. The van der Waals surface area contributed by atoms with Gasteiger partial charge in [0.15, 0.2) is 0 Å². The van der Waals surface area contributed by atoms with E-state index in [1.165, 1.54) is 53.7 Å². The van der Waals surface area contributed by atoms with Gasteiger partial charge < -0.3 is 5.11 Å². The lowest BCUT2D eigenvalue weighted by molar-refractivity contribution is 0.203. The SMILES string of the molecule is CC(O)c1cc2c(s1)-c1cc(C3CCCCC3)ccc1CC2. The summed E-state index contributed by atoms with van der Waals surface area (Å²) >= 11 is 1.79. The van der Waals surface area contributed by atoms with Crippen molar-refractivity contribution in [1.82, 2.24) is 0 Å². The average Bonchev–Trinajstić information content (AvgIpc) is 3.00. The van der Waals surface area contributed by atoms with E-state index in [2.05, 4.69) is 24.3 Å². The van der Waals surface area contributed by atoms with Crippen molar-refractivity contribution in [2.75, 3.05) is 0 Å². The quantitative estimate of drug-likeness (QED) is 0.763. The van der Waals surface area contributed by atoms with Crippen molar-refractivity contribution >= 4 is 11.3 Å². The zero-order chi connectivity index (χ0) is 15.1. The van der Waals surface area contributed by atoms with Gasteiger partial charge in [-0.15, -0.1) is 11.3 Å². The molecule has 116 valence electrons. The van der Waals surface area contributed by atoms with Gasteiger partial charge in [0.25, 0.3) is 0 Å². The normalized spacial score (nSPS) is 19.5. The summed E-state index contributed by atoms with van der Waals surface area (Å²) in [6.45, 7) is 1.87. The molecule has 22 heavy (non-hydrogen) atoms. The van der Waals surface area contributed by atoms with Crippen LogP contribution >= 0.6 is 11.3 Å². The van der Waals surface area contributed by atoms with Crippen LogP contribution in [0.2, 0.25) is 0 Å². The maximum atomic E-state index is 9.89. The number of hydrogen-bond acceptors (Lipinski definition) is 2. The van der Waals surface area contributed by atoms with Gasteiger partial charge in [0, 0.05) is 9.75 Å². The molecule has 0 amide bonds. The van der Waals surface area contributed by atoms with E-state index in [4.69, 9.17) is 0 Å². The second kappa shape index (κ2) is 5.82. The van der Waals surface area contributed by atoms with E-state index in [9.17, 15) is 5.11 Å². The van der Waals surface area contributed by atoms with Crippen molar-refractivity contribution in [3.63, 3.8) is 0 Å². The molecule has 0 bridgehead atoms. The van der Waals surface area contributed by atoms with Crippen LogP contribution in [0.4, 0.5) is 0 Å². The van der Waals surface area contributed by atoms with Gasteiger partial charge in [-0.1, -0.05) is 31.4 Å². The molecule has 0 radical (unpaired) electrons. The highest BCUT2D eigenvalue weighted by molar-refractivity contribution is 7.15. The molecule has 2 heteroatoms. The molecule has 1 fully saturated rings. The first kappa shape index (κ1) is 14.5. The molecule has 1 nitrogen and oxygen atoms in total. The molecule has 0 saturated heterocycles. The van der Waals surface area contributed by atoms with Crippen LogP contribution in [0, 0.1) is 0 Å². The van der Waals surface area contributed by atoms with Gasteiger partial charge in [-0.25, -0.2) is 0 Å². The molecular weight excluding hydrogens is 288 g/mol. The molecule has 2 aromatic rings. The second-order valence-corrected chi connectivity index (χ2v) is 8.01. The van der Waals surface area contributed by atoms with Crippen LogP contribution in [0.1, 0.15) is 72.6 Å². The van der Waals surface area contributed by atoms with E-state index in [1.54, 1.807) is 16.9 Å². The summed E-state index contributed by atoms with van der Waals surface area (Å²) in [5.41, 5.74) is 5.92. The second-order valence-electron chi connectivity index (χ2n) is 6.93. The molecule has 0 spiro atoms. The summed E-state index contributed by atoms with van der Waals surface area (Å²) in [4.78, 5) is 2.52. The van der Waals surface area contributed by atoms with Crippen molar-refractivity contribution in [2.24, 2.45) is 0 Å². The lowest BCUT2D eigenvalue weighted by atomic mass is 9.81. The molecule has 4 rings (SSSR count). The Morgan fingerprint density at radius 1 is 1.05 bits per heavy atom. The topological polar surface area (TPSA) is 20.2 Å². The molecule has 1 N–H and O–H groups in total. The minimum absolute atomic E-state index is 0.347. The number of aliphatic hydroxyl groups is 1. The van der Waals surface area contributed by atoms with Gasteiger partial charge in [-0.2, -0.15) is 0 Å². The van der Waals surface area contributed by atoms with Gasteiger partial charge in [0.2, 0.25) is 0 Å². The van der Waals surface area contributed by atoms with Crippen molar-refractivity contribution in [2.45, 2.75) is 63.9 Å². The maximum Gasteiger partial charge on any atom is 0.0854 e. The van der Waals surface area contributed by atoms with Gasteiger partial charge in [-0.05, 0) is 72.9 Å². The third-order valence-electron chi connectivity index (χ3n) is 5.36. The number of aryl methyl sites for hydroxylation is 2. The molecule has 1 aromatic carbocycles. The molecule has 2 aliphatic carbocycles. The Morgan fingerprint density at radius 3 is 2.59 bits per heavy atom. The Bertz CT molecular complexity index is 677. The van der Waals surface area contributed by atoms with Crippen LogP contribution < -0.4 is 0 Å². The van der Waals surface area contributed by atoms with E-state index >= 15 is 0 Å². The molecule has 1 saturated carbocycles. The van der Waals surface area contributed by atoms with Crippen LogP contribution in [0.25, 0.3) is 10.4 Å². The zero-order valence-electron chi connectivity index (χ0n) is 13.3. The lowest BCUT2D eigenvalue weighted by Crippen LogP contribution is -2.07. The summed E-state index contributed by atoms with van der Waals surface area (Å²) in [5, 5.41) is 9.89. The molecule has 1 heterocycles. The van der Waals surface area contributed by atoms with E-state index in [0.29, 0.717) is 0 Å². The minimum Gasteiger partial charge on any atom is -0.388 e. The van der Waals surface area contributed by atoms with E-state index in [-0.39, 0.29) is 6.10 Å². The number of fused-ring (bicyclic) bond motifs is 3. The van der Waals surface area contributed by atoms with Gasteiger partial charge in [0.1, 0.15) is 0 Å². The smallest absolute Gasteiger partial charge is 0.0854 e. The summed E-state index contributed by atoms with van der Waals surface area (Å²) in [5.74, 6) is 0.764. The Morgan fingerprint density at radius 2 is 1.82 bits per heavy atom. The number of aliphatic hydroxyl groups excluding tert-OH is 1. The van der Waals surface area contributed by atoms with Crippen molar-refractivity contribution < 1.29 is 5.11 Å². The van der Waals surface area contributed by atoms with E-state index in [1.807, 2.05) is 6.92 Å². The third-order valence-corrected chi connectivity index (χ3v) is 6.74. The Kier molecular flexibility index (Phi) is 3.83. The van der Waals surface area contributed by atoms with E-state index < -0.39 is 0 Å². The highest BCUT2D eigenvalue weighted by Gasteiger charge is 2.23. The first-order valence-electron chi connectivity index (χ1n) is 8.66. The Hall–Kier alpha value is -1.12. The number of benzene rings is 1. The summed E-state index contributed by atoms with van der Waals surface area (Å²) < 4.78 is 0. The average molecular weight is 312 g/mol. The van der Waals surface area contributed by atoms with Gasteiger partial charge >= 0.3 is 0 Å². The zero-order valence-corrected chi connectivity index (χ0v) is 14.1. The van der Waals surface area contributed by atoms with Crippen LogP contribution in [0.5, 0.6) is 0 Å². The highest BCUT2D eigenvalue weighted by atomic mass is 32.1. The number of thiophene rings is 1. The number of hydrogen-bond donors (Lipinski definition) is 1. The first-order valence-corrected chi connectivity index (χ1v) is 9.48. The molecule has 1 aromatic heterocycles. The fourth-order valence-electron chi connectivity index (χ4n) is 4.05. The van der Waals surface area contributed by atoms with Crippen molar-refractivity contribution in [3.8, 4) is 10.4 Å². The van der Waals surface area contributed by atoms with Gasteiger partial charge in [-0.3, -0.25) is 0 Å². The molecule has 2 aliphatic rings. The molecular formula is C20H24OS. The van der Waals surface area contributed by atoms with Crippen LogP contribution in [-0.2, 0) is 12.8 Å². The lowest BCUT2D eigenvalue weighted by Gasteiger charge is -2.24. The molecule has 1 unspecified atom stereocenters. The minimum atomic E-state index is -0.347. The maximum absolute atomic E-state index is 9.89. The summed E-state index contributed by atoms with van der Waals surface area (Å²) in [6, 6.07) is 9.43. The third kappa shape index (κ3) is 2.53. The van der Waals surface area contributed by atoms with Crippen molar-refractivity contribution in [3.05, 3.63) is 45.8 Å². The van der Waals surface area contributed by atoms with Crippen LogP contribution in [-0.4, -0.2) is 5.11 Å². The monoisotopic (exact) mass is 312 g/mol. The number of rotatable bonds is 2. The molecule has 1 atom stereocenters. The van der Waals surface area contributed by atoms with Gasteiger partial charge in [0.05, 0.1) is 6.10 Å².